The molecule has 154 valence electrons. The van der Waals surface area contributed by atoms with E-state index in [2.05, 4.69) is 15.0 Å². The average molecular weight is 427 g/mol. The highest BCUT2D eigenvalue weighted by atomic mass is 32.2. The van der Waals surface area contributed by atoms with Gasteiger partial charge in [-0.15, -0.1) is 0 Å². The predicted octanol–water partition coefficient (Wildman–Crippen LogP) is 3.63. The number of nitrogens with one attached hydrogen (secondary N) is 2. The van der Waals surface area contributed by atoms with E-state index in [-0.39, 0.29) is 17.1 Å². The molecule has 0 saturated heterocycles. The normalized spacial score (nSPS) is 14.1. The van der Waals surface area contributed by atoms with E-state index in [1.165, 1.54) is 43.6 Å². The maximum atomic E-state index is 12.7. The van der Waals surface area contributed by atoms with Crippen molar-refractivity contribution in [3.05, 3.63) is 66.1 Å². The second-order valence-corrected chi connectivity index (χ2v) is 8.02. The summed E-state index contributed by atoms with van der Waals surface area (Å²) in [5.74, 6) is 0. The van der Waals surface area contributed by atoms with Gasteiger partial charge >= 0.3 is 6.18 Å². The molecule has 0 aliphatic heterocycles. The van der Waals surface area contributed by atoms with Crippen molar-refractivity contribution in [1.29, 1.82) is 0 Å². The van der Waals surface area contributed by atoms with Gasteiger partial charge in [0.15, 0.2) is 0 Å². The number of aromatic nitrogens is 2. The minimum absolute atomic E-state index is 0.0569. The van der Waals surface area contributed by atoms with E-state index in [1.807, 2.05) is 0 Å². The molecular formula is C19H19F3N4O2S. The summed E-state index contributed by atoms with van der Waals surface area (Å²) in [6, 6.07) is 8.78. The molecule has 29 heavy (non-hydrogen) atoms. The van der Waals surface area contributed by atoms with Crippen molar-refractivity contribution in [2.45, 2.75) is 17.6 Å². The van der Waals surface area contributed by atoms with Gasteiger partial charge in [0.05, 0.1) is 22.5 Å². The third kappa shape index (κ3) is 4.77. The maximum absolute atomic E-state index is 12.7. The number of hydrogen-bond donors (Lipinski definition) is 2. The molecule has 0 fully saturated rings. The molecule has 0 saturated carbocycles. The first-order valence-corrected chi connectivity index (χ1v) is 9.82. The molecule has 2 aromatic carbocycles. The van der Waals surface area contributed by atoms with E-state index < -0.39 is 28.7 Å². The van der Waals surface area contributed by atoms with Crippen LogP contribution in [0.5, 0.6) is 0 Å². The van der Waals surface area contributed by atoms with E-state index in [4.69, 9.17) is 4.11 Å². The Kier molecular flexibility index (Phi) is 4.63. The summed E-state index contributed by atoms with van der Waals surface area (Å²) in [7, 11) is -2.52. The first-order chi connectivity index (χ1) is 14.8. The summed E-state index contributed by atoms with van der Waals surface area (Å²) in [4.78, 5) is 4.02. The molecular weight excluding hydrogens is 405 g/mol. The summed E-state index contributed by atoms with van der Waals surface area (Å²) in [5.41, 5.74) is 0.749. The quantitative estimate of drug-likeness (QED) is 0.630. The number of aryl methyl sites for hydroxylation is 1. The highest BCUT2D eigenvalue weighted by Crippen LogP contribution is 2.31. The van der Waals surface area contributed by atoms with Crippen molar-refractivity contribution in [3.63, 3.8) is 0 Å². The van der Waals surface area contributed by atoms with Gasteiger partial charge in [-0.2, -0.15) is 13.2 Å². The van der Waals surface area contributed by atoms with Crippen LogP contribution in [0.25, 0.3) is 11.3 Å². The molecule has 6 nitrogen and oxygen atoms in total. The van der Waals surface area contributed by atoms with Gasteiger partial charge in [0.2, 0.25) is 10.0 Å². The van der Waals surface area contributed by atoms with Crippen LogP contribution in [0.1, 0.15) is 15.2 Å². The van der Waals surface area contributed by atoms with Gasteiger partial charge in [-0.05, 0) is 42.9 Å². The van der Waals surface area contributed by atoms with Crippen molar-refractivity contribution < 1.29 is 25.7 Å². The molecule has 0 unspecified atom stereocenters. The van der Waals surface area contributed by atoms with Gasteiger partial charge in [-0.1, -0.05) is 12.1 Å². The molecule has 3 rings (SSSR count). The smallest absolute Gasteiger partial charge is 0.380 e. The van der Waals surface area contributed by atoms with E-state index in [1.54, 1.807) is 0 Å². The lowest BCUT2D eigenvalue weighted by Crippen LogP contribution is -2.18. The summed E-state index contributed by atoms with van der Waals surface area (Å²) < 4.78 is 88.2. The molecule has 0 radical (unpaired) electrons. The number of sulfonamides is 1. The monoisotopic (exact) mass is 427 g/mol. The van der Waals surface area contributed by atoms with Crippen LogP contribution < -0.4 is 10.0 Å². The third-order valence-corrected chi connectivity index (χ3v) is 5.60. The molecule has 0 aliphatic rings. The van der Waals surface area contributed by atoms with Crippen LogP contribution in [0, 0.1) is 0 Å². The Balaban J connectivity index is 1.95. The Hall–Kier alpha value is -2.85. The Morgan fingerprint density at radius 3 is 2.48 bits per heavy atom. The van der Waals surface area contributed by atoms with E-state index in [9.17, 15) is 21.6 Å². The van der Waals surface area contributed by atoms with Crippen molar-refractivity contribution in [3.8, 4) is 11.3 Å². The lowest BCUT2D eigenvalue weighted by molar-refractivity contribution is -0.137. The number of imidazole rings is 1. The highest BCUT2D eigenvalue weighted by molar-refractivity contribution is 7.89. The van der Waals surface area contributed by atoms with Crippen molar-refractivity contribution in [2.75, 3.05) is 12.4 Å². The lowest BCUT2D eigenvalue weighted by Gasteiger charge is -2.14. The van der Waals surface area contributed by atoms with Crippen molar-refractivity contribution >= 4 is 15.7 Å². The summed E-state index contributed by atoms with van der Waals surface area (Å²) in [6.45, 7) is -2.32. The topological polar surface area (TPSA) is 76.0 Å². The molecule has 0 bridgehead atoms. The number of nitrogens with zero attached hydrogens (tertiary/aromatic N) is 2. The first-order valence-electron chi connectivity index (χ1n) is 9.84. The first kappa shape index (κ1) is 17.0. The number of hydrogen-bond acceptors (Lipinski definition) is 4. The lowest BCUT2D eigenvalue weighted by atomic mass is 10.1. The molecule has 1 heterocycles. The fourth-order valence-corrected chi connectivity index (χ4v) is 3.40. The van der Waals surface area contributed by atoms with Gasteiger partial charge in [0.25, 0.3) is 0 Å². The second-order valence-electron chi connectivity index (χ2n) is 6.13. The Labute approximate surface area is 170 Å². The maximum Gasteiger partial charge on any atom is 0.416 e. The summed E-state index contributed by atoms with van der Waals surface area (Å²) in [5, 5.41) is 3.04. The molecule has 1 aromatic heterocycles. The van der Waals surface area contributed by atoms with Gasteiger partial charge < -0.3 is 9.88 Å². The molecule has 0 aliphatic carbocycles. The fraction of sp³-hybridized carbons (Fsp3) is 0.211. The molecule has 2 N–H and O–H groups in total. The van der Waals surface area contributed by atoms with Crippen LogP contribution in [-0.4, -0.2) is 25.0 Å². The molecule has 0 spiro atoms. The number of benzene rings is 2. The number of halogens is 3. The number of rotatable bonds is 6. The average Bonchev–Trinajstić information content (AvgIpc) is 3.22. The third-order valence-electron chi connectivity index (χ3n) is 4.19. The number of alkyl halides is 3. The highest BCUT2D eigenvalue weighted by Gasteiger charge is 2.29. The molecule has 0 atom stereocenters. The van der Waals surface area contributed by atoms with Crippen molar-refractivity contribution in [1.82, 2.24) is 14.3 Å². The Bertz CT molecular complexity index is 1210. The minimum atomic E-state index is -4.44. The SMILES string of the molecule is [2H]C([2H])([2H])n1cnc(-c2cc(S(=O)(=O)NC)ccc2NCc2ccc(C(F)(F)F)cc2)c1. The van der Waals surface area contributed by atoms with Crippen LogP contribution in [0.15, 0.2) is 59.9 Å². The van der Waals surface area contributed by atoms with Gasteiger partial charge in [-0.25, -0.2) is 18.1 Å². The number of anilines is 1. The Morgan fingerprint density at radius 1 is 1.17 bits per heavy atom. The zero-order valence-corrected chi connectivity index (χ0v) is 16.0. The largest absolute Gasteiger partial charge is 0.416 e. The standard InChI is InChI=1S/C19H19F3N4O2S/c1-23-29(27,28)15-7-8-17(16(9-15)18-11-26(2)12-25-18)24-10-13-3-5-14(6-4-13)19(20,21)22/h3-9,11-12,23-24H,10H2,1-2H3/i2D3. The van der Waals surface area contributed by atoms with Gasteiger partial charge in [0.1, 0.15) is 0 Å². The van der Waals surface area contributed by atoms with E-state index in [0.29, 0.717) is 16.8 Å². The van der Waals surface area contributed by atoms with Crippen LogP contribution in [0.4, 0.5) is 18.9 Å². The van der Waals surface area contributed by atoms with Gasteiger partial charge in [-0.3, -0.25) is 0 Å². The van der Waals surface area contributed by atoms with E-state index in [0.717, 1.165) is 23.0 Å². The van der Waals surface area contributed by atoms with Gasteiger partial charge in [0, 0.05) is 35.1 Å². The van der Waals surface area contributed by atoms with Crippen molar-refractivity contribution in [2.24, 2.45) is 6.98 Å². The Morgan fingerprint density at radius 2 is 1.90 bits per heavy atom. The molecule has 3 aromatic rings. The van der Waals surface area contributed by atoms with Crippen LogP contribution in [-0.2, 0) is 29.7 Å². The zero-order chi connectivity index (χ0) is 23.7. The van der Waals surface area contributed by atoms with Crippen LogP contribution >= 0.6 is 0 Å². The molecule has 10 heteroatoms. The molecule has 0 amide bonds. The minimum Gasteiger partial charge on any atom is -0.380 e. The van der Waals surface area contributed by atoms with E-state index >= 15 is 0 Å². The zero-order valence-electron chi connectivity index (χ0n) is 18.2. The fourth-order valence-electron chi connectivity index (χ4n) is 2.65. The second kappa shape index (κ2) is 7.88. The summed E-state index contributed by atoms with van der Waals surface area (Å²) in [6.07, 6.45) is -2.06. The van der Waals surface area contributed by atoms with Crippen LogP contribution in [0.3, 0.4) is 0 Å². The van der Waals surface area contributed by atoms with Crippen LogP contribution in [0.2, 0.25) is 0 Å². The predicted molar refractivity (Wildman–Crippen MR) is 104 cm³/mol. The summed E-state index contributed by atoms with van der Waals surface area (Å²) >= 11 is 0.